The number of rotatable bonds is 9. The molecule has 7 nitrogen and oxygen atoms in total. The highest BCUT2D eigenvalue weighted by Gasteiger charge is 2.15. The van der Waals surface area contributed by atoms with E-state index < -0.39 is 0 Å². The van der Waals surface area contributed by atoms with Crippen molar-refractivity contribution < 1.29 is 14.2 Å². The zero-order valence-electron chi connectivity index (χ0n) is 19.4. The smallest absolute Gasteiger partial charge is 0.124 e. The molecule has 0 saturated heterocycles. The summed E-state index contributed by atoms with van der Waals surface area (Å²) in [5.74, 6) is 1.44. The van der Waals surface area contributed by atoms with Crippen molar-refractivity contribution in [1.82, 2.24) is 15.0 Å². The second-order valence-electron chi connectivity index (χ2n) is 7.81. The third-order valence-electron chi connectivity index (χ3n) is 5.21. The van der Waals surface area contributed by atoms with Gasteiger partial charge in [-0.25, -0.2) is 4.98 Å². The Kier molecular flexibility index (Phi) is 7.00. The van der Waals surface area contributed by atoms with Crippen molar-refractivity contribution in [3.63, 3.8) is 0 Å². The Labute approximate surface area is 194 Å². The van der Waals surface area contributed by atoms with Crippen molar-refractivity contribution in [3.05, 3.63) is 67.1 Å². The molecular weight excluding hydrogens is 416 g/mol. The molecule has 4 rings (SSSR count). The van der Waals surface area contributed by atoms with Gasteiger partial charge in [-0.05, 0) is 44.2 Å². The van der Waals surface area contributed by atoms with Crippen LogP contribution in [0.3, 0.4) is 0 Å². The molecule has 0 fully saturated rings. The number of anilines is 2. The van der Waals surface area contributed by atoms with Crippen LogP contribution in [0, 0.1) is 0 Å². The molecule has 0 spiro atoms. The van der Waals surface area contributed by atoms with Crippen LogP contribution in [-0.4, -0.2) is 48.4 Å². The van der Waals surface area contributed by atoms with Crippen LogP contribution in [0.5, 0.6) is 11.5 Å². The highest BCUT2D eigenvalue weighted by molar-refractivity contribution is 5.82. The van der Waals surface area contributed by atoms with Crippen LogP contribution in [0.4, 0.5) is 11.4 Å². The summed E-state index contributed by atoms with van der Waals surface area (Å²) in [6, 6.07) is 15.8. The largest absolute Gasteiger partial charge is 0.497 e. The molecule has 33 heavy (non-hydrogen) atoms. The summed E-state index contributed by atoms with van der Waals surface area (Å²) in [4.78, 5) is 15.8. The van der Waals surface area contributed by atoms with Gasteiger partial charge in [0.25, 0.3) is 0 Å². The van der Waals surface area contributed by atoms with Crippen molar-refractivity contribution >= 4 is 22.4 Å². The van der Waals surface area contributed by atoms with E-state index in [2.05, 4.69) is 14.9 Å². The van der Waals surface area contributed by atoms with E-state index in [0.29, 0.717) is 13.2 Å². The van der Waals surface area contributed by atoms with Gasteiger partial charge in [-0.1, -0.05) is 0 Å². The Balaban J connectivity index is 1.76. The quantitative estimate of drug-likeness (QED) is 0.348. The molecule has 0 aliphatic heterocycles. The fourth-order valence-corrected chi connectivity index (χ4v) is 3.56. The lowest BCUT2D eigenvalue weighted by atomic mass is 10.2. The second kappa shape index (κ2) is 10.3. The van der Waals surface area contributed by atoms with E-state index in [0.717, 1.165) is 45.2 Å². The molecule has 0 saturated carbocycles. The molecule has 0 N–H and O–H groups in total. The molecule has 0 bridgehead atoms. The predicted octanol–water partition coefficient (Wildman–Crippen LogP) is 5.27. The molecule has 2 heterocycles. The van der Waals surface area contributed by atoms with Crippen LogP contribution in [0.25, 0.3) is 22.3 Å². The van der Waals surface area contributed by atoms with E-state index in [9.17, 15) is 0 Å². The van der Waals surface area contributed by atoms with Gasteiger partial charge in [0.15, 0.2) is 0 Å². The van der Waals surface area contributed by atoms with E-state index in [1.54, 1.807) is 32.8 Å². The fourth-order valence-electron chi connectivity index (χ4n) is 3.56. The summed E-state index contributed by atoms with van der Waals surface area (Å²) >= 11 is 0. The summed E-state index contributed by atoms with van der Waals surface area (Å²) in [6.45, 7) is 5.28. The van der Waals surface area contributed by atoms with Crippen molar-refractivity contribution in [2.24, 2.45) is 0 Å². The van der Waals surface area contributed by atoms with Gasteiger partial charge in [0.05, 0.1) is 49.9 Å². The highest BCUT2D eigenvalue weighted by Crippen LogP contribution is 2.34. The SMILES string of the molecule is COc1cc(OC)cc(N(CCOC(C)C)c2ccc3ncc(-c4cccnc4)nc3c2)c1. The summed E-state index contributed by atoms with van der Waals surface area (Å²) < 4.78 is 16.8. The molecule has 0 aliphatic carbocycles. The van der Waals surface area contributed by atoms with Gasteiger partial charge in [-0.2, -0.15) is 0 Å². The first-order valence-electron chi connectivity index (χ1n) is 10.9. The average molecular weight is 445 g/mol. The van der Waals surface area contributed by atoms with Gasteiger partial charge < -0.3 is 19.1 Å². The molecule has 4 aromatic rings. The zero-order valence-corrected chi connectivity index (χ0v) is 19.4. The van der Waals surface area contributed by atoms with Gasteiger partial charge in [-0.3, -0.25) is 9.97 Å². The number of pyridine rings is 1. The Morgan fingerprint density at radius 3 is 2.33 bits per heavy atom. The number of fused-ring (bicyclic) bond motifs is 1. The van der Waals surface area contributed by atoms with Crippen LogP contribution in [0.15, 0.2) is 67.1 Å². The van der Waals surface area contributed by atoms with Crippen LogP contribution < -0.4 is 14.4 Å². The number of benzene rings is 2. The first-order chi connectivity index (χ1) is 16.1. The van der Waals surface area contributed by atoms with Gasteiger partial charge in [0.2, 0.25) is 0 Å². The van der Waals surface area contributed by atoms with Crippen molar-refractivity contribution in [1.29, 1.82) is 0 Å². The molecule has 0 aliphatic rings. The molecule has 0 amide bonds. The van der Waals surface area contributed by atoms with E-state index in [-0.39, 0.29) is 6.10 Å². The third kappa shape index (κ3) is 5.38. The van der Waals surface area contributed by atoms with Crippen molar-refractivity contribution in [2.75, 3.05) is 32.3 Å². The molecule has 0 atom stereocenters. The first-order valence-corrected chi connectivity index (χ1v) is 10.9. The van der Waals surface area contributed by atoms with E-state index in [1.165, 1.54) is 0 Å². The number of hydrogen-bond acceptors (Lipinski definition) is 7. The monoisotopic (exact) mass is 444 g/mol. The number of aromatic nitrogens is 3. The highest BCUT2D eigenvalue weighted by atomic mass is 16.5. The van der Waals surface area contributed by atoms with Crippen LogP contribution in [0.2, 0.25) is 0 Å². The number of hydrogen-bond donors (Lipinski definition) is 0. The lowest BCUT2D eigenvalue weighted by Crippen LogP contribution is -2.24. The molecule has 0 radical (unpaired) electrons. The molecule has 7 heteroatoms. The maximum atomic E-state index is 5.85. The minimum atomic E-state index is 0.149. The topological polar surface area (TPSA) is 69.6 Å². The van der Waals surface area contributed by atoms with E-state index >= 15 is 0 Å². The fraction of sp³-hybridized carbons (Fsp3) is 0.269. The number of ether oxygens (including phenoxy) is 3. The Bertz CT molecular complexity index is 1190. The van der Waals surface area contributed by atoms with Crippen LogP contribution in [0.1, 0.15) is 13.8 Å². The summed E-state index contributed by atoms with van der Waals surface area (Å²) in [7, 11) is 3.30. The average Bonchev–Trinajstić information content (AvgIpc) is 2.86. The third-order valence-corrected chi connectivity index (χ3v) is 5.21. The van der Waals surface area contributed by atoms with Gasteiger partial charge >= 0.3 is 0 Å². The zero-order chi connectivity index (χ0) is 23.2. The number of methoxy groups -OCH3 is 2. The maximum Gasteiger partial charge on any atom is 0.124 e. The molecular formula is C26H28N4O3. The Hall–Kier alpha value is -3.71. The normalized spacial score (nSPS) is 11.1. The molecule has 2 aromatic carbocycles. The van der Waals surface area contributed by atoms with Gasteiger partial charge in [0.1, 0.15) is 11.5 Å². The van der Waals surface area contributed by atoms with Crippen molar-refractivity contribution in [3.8, 4) is 22.8 Å². The van der Waals surface area contributed by atoms with Crippen molar-refractivity contribution in [2.45, 2.75) is 20.0 Å². The second-order valence-corrected chi connectivity index (χ2v) is 7.81. The van der Waals surface area contributed by atoms with E-state index in [1.807, 2.05) is 62.4 Å². The lowest BCUT2D eigenvalue weighted by molar-refractivity contribution is 0.0851. The summed E-state index contributed by atoms with van der Waals surface area (Å²) in [6.07, 6.45) is 5.46. The standard InChI is InChI=1S/C26H28N4O3/c1-18(2)33-11-10-30(21-12-22(31-3)15-23(13-21)32-4)20-7-8-24-25(14-20)29-26(17-28-24)19-6-5-9-27-16-19/h5-9,12-18H,10-11H2,1-4H3. The van der Waals surface area contributed by atoms with Gasteiger partial charge in [0, 0.05) is 54.1 Å². The summed E-state index contributed by atoms with van der Waals surface area (Å²) in [5, 5.41) is 0. The molecule has 170 valence electrons. The lowest BCUT2D eigenvalue weighted by Gasteiger charge is -2.26. The van der Waals surface area contributed by atoms with Crippen LogP contribution >= 0.6 is 0 Å². The minimum absolute atomic E-state index is 0.149. The predicted molar refractivity (Wildman–Crippen MR) is 130 cm³/mol. The van der Waals surface area contributed by atoms with Crippen LogP contribution in [-0.2, 0) is 4.74 Å². The summed E-state index contributed by atoms with van der Waals surface area (Å²) in [5.41, 5.74) is 5.26. The van der Waals surface area contributed by atoms with Gasteiger partial charge in [-0.15, -0.1) is 0 Å². The minimum Gasteiger partial charge on any atom is -0.497 e. The first kappa shape index (κ1) is 22.5. The molecule has 0 unspecified atom stereocenters. The Morgan fingerprint density at radius 1 is 0.879 bits per heavy atom. The maximum absolute atomic E-state index is 5.85. The molecule has 2 aromatic heterocycles. The Morgan fingerprint density at radius 2 is 1.67 bits per heavy atom. The van der Waals surface area contributed by atoms with E-state index in [4.69, 9.17) is 19.2 Å². The number of nitrogens with zero attached hydrogens (tertiary/aromatic N) is 4.